The number of nitrogens with one attached hydrogen (secondary N) is 1. The van der Waals surface area contributed by atoms with Gasteiger partial charge in [0, 0.05) is 12.5 Å². The van der Waals surface area contributed by atoms with Crippen LogP contribution in [0, 0.1) is 5.92 Å². The number of aliphatic carboxylic acids is 1. The number of carboxylic acids is 1. The number of carbonyl (C=O) groups excluding carboxylic acids is 1. The molecule has 1 aromatic carbocycles. The molecule has 0 aliphatic heterocycles. The summed E-state index contributed by atoms with van der Waals surface area (Å²) in [6.07, 6.45) is -4.09. The van der Waals surface area contributed by atoms with Gasteiger partial charge in [0.25, 0.3) is 0 Å². The molecule has 2 N–H and O–H groups in total. The fraction of sp³-hybridized carbons (Fsp3) is 0.429. The number of hydrogen-bond acceptors (Lipinski definition) is 2. The smallest absolute Gasteiger partial charge is 0.416 e. The molecule has 21 heavy (non-hydrogen) atoms. The number of rotatable bonds is 5. The zero-order valence-electron chi connectivity index (χ0n) is 11.0. The standard InChI is InChI=1S/C14H14F3NO3/c15-14(16,17)9-3-1-2-8(6-9)10-7-11(10)13(21)18-5-4-12(19)20/h1-3,6,10-11H,4-5,7H2,(H,18,21)(H,19,20). The Kier molecular flexibility index (Phi) is 4.20. The molecule has 1 aliphatic rings. The van der Waals surface area contributed by atoms with Crippen molar-refractivity contribution in [2.75, 3.05) is 6.54 Å². The summed E-state index contributed by atoms with van der Waals surface area (Å²) in [6, 6.07) is 4.96. The summed E-state index contributed by atoms with van der Waals surface area (Å²) in [5.74, 6) is -1.92. The van der Waals surface area contributed by atoms with Crippen molar-refractivity contribution < 1.29 is 27.9 Å². The molecule has 1 aliphatic carbocycles. The second-order valence-corrected chi connectivity index (χ2v) is 5.01. The first-order valence-corrected chi connectivity index (χ1v) is 6.45. The molecule has 114 valence electrons. The number of carbonyl (C=O) groups is 2. The van der Waals surface area contributed by atoms with Crippen LogP contribution < -0.4 is 5.32 Å². The highest BCUT2D eigenvalue weighted by Gasteiger charge is 2.44. The maximum absolute atomic E-state index is 12.6. The van der Waals surface area contributed by atoms with Gasteiger partial charge >= 0.3 is 12.1 Å². The molecule has 2 unspecified atom stereocenters. The highest BCUT2D eigenvalue weighted by molar-refractivity contribution is 5.83. The van der Waals surface area contributed by atoms with Gasteiger partial charge in [-0.3, -0.25) is 9.59 Å². The van der Waals surface area contributed by atoms with Crippen LogP contribution in [-0.4, -0.2) is 23.5 Å². The topological polar surface area (TPSA) is 66.4 Å². The molecule has 4 nitrogen and oxygen atoms in total. The second-order valence-electron chi connectivity index (χ2n) is 5.01. The van der Waals surface area contributed by atoms with E-state index >= 15 is 0 Å². The van der Waals surface area contributed by atoms with Crippen LogP contribution in [0.5, 0.6) is 0 Å². The van der Waals surface area contributed by atoms with Gasteiger partial charge in [0.1, 0.15) is 0 Å². The van der Waals surface area contributed by atoms with Crippen molar-refractivity contribution in [2.45, 2.75) is 24.9 Å². The Hall–Kier alpha value is -2.05. The SMILES string of the molecule is O=C(O)CCNC(=O)C1CC1c1cccc(C(F)(F)F)c1. The number of amides is 1. The van der Waals surface area contributed by atoms with Gasteiger partial charge in [0.05, 0.1) is 12.0 Å². The normalized spacial score (nSPS) is 20.9. The summed E-state index contributed by atoms with van der Waals surface area (Å²) in [6.45, 7) is 0.0278. The first-order valence-electron chi connectivity index (χ1n) is 6.45. The highest BCUT2D eigenvalue weighted by Crippen LogP contribution is 2.48. The zero-order chi connectivity index (χ0) is 15.6. The Labute approximate surface area is 119 Å². The zero-order valence-corrected chi connectivity index (χ0v) is 11.0. The summed E-state index contributed by atoms with van der Waals surface area (Å²) in [4.78, 5) is 22.1. The molecular formula is C14H14F3NO3. The van der Waals surface area contributed by atoms with Crippen molar-refractivity contribution in [3.8, 4) is 0 Å². The minimum Gasteiger partial charge on any atom is -0.481 e. The predicted molar refractivity (Wildman–Crippen MR) is 67.6 cm³/mol. The van der Waals surface area contributed by atoms with Gasteiger partial charge in [0.2, 0.25) is 5.91 Å². The summed E-state index contributed by atoms with van der Waals surface area (Å²) in [7, 11) is 0. The molecule has 1 amide bonds. The number of halogens is 3. The molecule has 0 aromatic heterocycles. The molecule has 7 heteroatoms. The number of carboxylic acid groups (broad SMARTS) is 1. The van der Waals surface area contributed by atoms with Crippen molar-refractivity contribution >= 4 is 11.9 Å². The van der Waals surface area contributed by atoms with E-state index in [2.05, 4.69) is 5.32 Å². The lowest BCUT2D eigenvalue weighted by Crippen LogP contribution is -2.27. The van der Waals surface area contributed by atoms with Crippen molar-refractivity contribution in [1.29, 1.82) is 0 Å². The summed E-state index contributed by atoms with van der Waals surface area (Å²) >= 11 is 0. The molecule has 0 radical (unpaired) electrons. The molecule has 0 saturated heterocycles. The van der Waals surface area contributed by atoms with Crippen molar-refractivity contribution in [1.82, 2.24) is 5.32 Å². The second kappa shape index (κ2) is 5.75. The average Bonchev–Trinajstić information content (AvgIpc) is 3.17. The summed E-state index contributed by atoms with van der Waals surface area (Å²) in [5.41, 5.74) is -0.236. The molecule has 2 rings (SSSR count). The molecule has 0 heterocycles. The van der Waals surface area contributed by atoms with Gasteiger partial charge in [0.15, 0.2) is 0 Å². The third kappa shape index (κ3) is 3.96. The van der Waals surface area contributed by atoms with E-state index in [4.69, 9.17) is 5.11 Å². The van der Waals surface area contributed by atoms with E-state index in [0.29, 0.717) is 12.0 Å². The van der Waals surface area contributed by atoms with E-state index < -0.39 is 17.7 Å². The molecule has 2 atom stereocenters. The Morgan fingerprint density at radius 3 is 2.67 bits per heavy atom. The molecular weight excluding hydrogens is 287 g/mol. The third-order valence-corrected chi connectivity index (χ3v) is 3.41. The van der Waals surface area contributed by atoms with E-state index in [1.54, 1.807) is 6.07 Å². The number of benzene rings is 1. The van der Waals surface area contributed by atoms with E-state index in [1.165, 1.54) is 6.07 Å². The Morgan fingerprint density at radius 1 is 1.33 bits per heavy atom. The van der Waals surface area contributed by atoms with Gasteiger partial charge in [-0.1, -0.05) is 18.2 Å². The quantitative estimate of drug-likeness (QED) is 0.877. The average molecular weight is 301 g/mol. The van der Waals surface area contributed by atoms with Crippen molar-refractivity contribution in [3.63, 3.8) is 0 Å². The summed E-state index contributed by atoms with van der Waals surface area (Å²) < 4.78 is 37.8. The monoisotopic (exact) mass is 301 g/mol. The van der Waals surface area contributed by atoms with Crippen LogP contribution in [-0.2, 0) is 15.8 Å². The molecule has 1 fully saturated rings. The van der Waals surface area contributed by atoms with Crippen LogP contribution in [0.3, 0.4) is 0 Å². The fourth-order valence-corrected chi connectivity index (χ4v) is 2.22. The van der Waals surface area contributed by atoms with Crippen LogP contribution in [0.2, 0.25) is 0 Å². The van der Waals surface area contributed by atoms with Crippen LogP contribution >= 0.6 is 0 Å². The number of hydrogen-bond donors (Lipinski definition) is 2. The molecule has 0 bridgehead atoms. The maximum Gasteiger partial charge on any atom is 0.416 e. The van der Waals surface area contributed by atoms with E-state index in [9.17, 15) is 22.8 Å². The minimum atomic E-state index is -4.40. The van der Waals surface area contributed by atoms with Gasteiger partial charge in [-0.05, 0) is 24.0 Å². The lowest BCUT2D eigenvalue weighted by molar-refractivity contribution is -0.138. The van der Waals surface area contributed by atoms with Gasteiger partial charge in [-0.15, -0.1) is 0 Å². The predicted octanol–water partition coefficient (Wildman–Crippen LogP) is 2.40. The van der Waals surface area contributed by atoms with Crippen molar-refractivity contribution in [2.24, 2.45) is 5.92 Å². The maximum atomic E-state index is 12.6. The van der Waals surface area contributed by atoms with Crippen LogP contribution in [0.1, 0.15) is 29.9 Å². The van der Waals surface area contributed by atoms with Crippen LogP contribution in [0.25, 0.3) is 0 Å². The lowest BCUT2D eigenvalue weighted by atomic mass is 10.1. The minimum absolute atomic E-state index is 0.0278. The summed E-state index contributed by atoms with van der Waals surface area (Å²) in [5, 5.41) is 10.9. The molecule has 1 aromatic rings. The fourth-order valence-electron chi connectivity index (χ4n) is 2.22. The largest absolute Gasteiger partial charge is 0.481 e. The van der Waals surface area contributed by atoms with E-state index in [-0.39, 0.29) is 30.7 Å². The van der Waals surface area contributed by atoms with E-state index in [1.807, 2.05) is 0 Å². The molecule has 0 spiro atoms. The Balaban J connectivity index is 1.94. The van der Waals surface area contributed by atoms with Gasteiger partial charge < -0.3 is 10.4 Å². The Bertz CT molecular complexity index is 557. The van der Waals surface area contributed by atoms with E-state index in [0.717, 1.165) is 12.1 Å². The number of alkyl halides is 3. The van der Waals surface area contributed by atoms with Gasteiger partial charge in [-0.25, -0.2) is 0 Å². The van der Waals surface area contributed by atoms with Crippen LogP contribution in [0.15, 0.2) is 24.3 Å². The Morgan fingerprint density at radius 2 is 2.05 bits per heavy atom. The van der Waals surface area contributed by atoms with Crippen molar-refractivity contribution in [3.05, 3.63) is 35.4 Å². The van der Waals surface area contributed by atoms with Crippen LogP contribution in [0.4, 0.5) is 13.2 Å². The third-order valence-electron chi connectivity index (χ3n) is 3.41. The lowest BCUT2D eigenvalue weighted by Gasteiger charge is -2.08. The van der Waals surface area contributed by atoms with Gasteiger partial charge in [-0.2, -0.15) is 13.2 Å². The highest BCUT2D eigenvalue weighted by atomic mass is 19.4. The molecule has 1 saturated carbocycles. The first-order chi connectivity index (χ1) is 9.79. The first kappa shape index (κ1) is 15.3.